The molecule has 0 radical (unpaired) electrons. The van der Waals surface area contributed by atoms with Crippen LogP contribution in [0.1, 0.15) is 3.58 Å². The Morgan fingerprint density at radius 2 is 1.93 bits per heavy atom. The molecule has 0 bridgehead atoms. The zero-order chi connectivity index (χ0) is 9.97. The molecule has 1 heterocycles. The van der Waals surface area contributed by atoms with Gasteiger partial charge in [0.15, 0.2) is 0 Å². The summed E-state index contributed by atoms with van der Waals surface area (Å²) in [4.78, 5) is 0. The Hall–Kier alpha value is -0.780. The summed E-state index contributed by atoms with van der Waals surface area (Å²) in [6.45, 7) is 2.12. The van der Waals surface area contributed by atoms with Crippen molar-refractivity contribution in [3.63, 3.8) is 0 Å². The quantitative estimate of drug-likeness (QED) is 0.628. The summed E-state index contributed by atoms with van der Waals surface area (Å²) >= 11 is -0.372. The van der Waals surface area contributed by atoms with E-state index in [0.29, 0.717) is 0 Å². The maximum atomic E-state index is 5.64. The van der Waals surface area contributed by atoms with Gasteiger partial charge in [0.1, 0.15) is 0 Å². The third kappa shape index (κ3) is 2.00. The standard InChI is InChI=1S/C11H11O2Te/c1-8-7-11(13-14-8)9-3-5-10(12-2)6-4-9/h3-7H,1-2H3/q+1. The van der Waals surface area contributed by atoms with E-state index in [1.165, 1.54) is 3.58 Å². The molecule has 3 heteroatoms. The van der Waals surface area contributed by atoms with Gasteiger partial charge in [-0.05, 0) is 0 Å². The molecule has 1 aromatic carbocycles. The van der Waals surface area contributed by atoms with E-state index in [1.807, 2.05) is 24.3 Å². The predicted octanol–water partition coefficient (Wildman–Crippen LogP) is 2.60. The monoisotopic (exact) mass is 305 g/mol. The molecule has 0 aliphatic carbocycles. The second-order valence-electron chi connectivity index (χ2n) is 3.01. The molecule has 2 rings (SSSR count). The van der Waals surface area contributed by atoms with E-state index in [0.717, 1.165) is 17.1 Å². The van der Waals surface area contributed by atoms with Gasteiger partial charge < -0.3 is 0 Å². The number of aryl methyl sites for hydroxylation is 1. The Kier molecular flexibility index (Phi) is 2.90. The number of hydrogen-bond donors (Lipinski definition) is 0. The van der Waals surface area contributed by atoms with Crippen molar-refractivity contribution < 1.29 is 7.49 Å². The van der Waals surface area contributed by atoms with Crippen LogP contribution in [0.15, 0.2) is 33.1 Å². The molecule has 0 amide bonds. The first-order valence-corrected chi connectivity index (χ1v) is 6.45. The van der Waals surface area contributed by atoms with Crippen molar-refractivity contribution in [2.24, 2.45) is 0 Å². The molecular formula is C11H11O2Te+. The Balaban J connectivity index is 2.33. The third-order valence-electron chi connectivity index (χ3n) is 1.97. The Bertz CT molecular complexity index is 417. The fourth-order valence-electron chi connectivity index (χ4n) is 1.23. The van der Waals surface area contributed by atoms with Crippen molar-refractivity contribution >= 4 is 20.9 Å². The number of benzene rings is 1. The Morgan fingerprint density at radius 1 is 1.21 bits per heavy atom. The minimum atomic E-state index is -0.372. The second-order valence-corrected chi connectivity index (χ2v) is 5.80. The van der Waals surface area contributed by atoms with Crippen molar-refractivity contribution in [1.29, 1.82) is 0 Å². The van der Waals surface area contributed by atoms with E-state index in [1.54, 1.807) is 7.11 Å². The van der Waals surface area contributed by atoms with Crippen LogP contribution in [0.3, 0.4) is 0 Å². The Morgan fingerprint density at radius 3 is 2.43 bits per heavy atom. The third-order valence-corrected chi connectivity index (χ3v) is 3.81. The van der Waals surface area contributed by atoms with Crippen LogP contribution in [0, 0.1) is 6.92 Å². The van der Waals surface area contributed by atoms with Gasteiger partial charge >= 0.3 is 93.4 Å². The summed E-state index contributed by atoms with van der Waals surface area (Å²) in [6.07, 6.45) is 0. The number of ether oxygens (including phenoxy) is 1. The molecule has 0 fully saturated rings. The maximum absolute atomic E-state index is 5.64. The topological polar surface area (TPSA) is 20.5 Å². The molecule has 0 unspecified atom stereocenters. The predicted molar refractivity (Wildman–Crippen MR) is 56.8 cm³/mol. The van der Waals surface area contributed by atoms with Crippen molar-refractivity contribution in [2.45, 2.75) is 6.92 Å². The van der Waals surface area contributed by atoms with Crippen LogP contribution in [0.4, 0.5) is 0 Å². The summed E-state index contributed by atoms with van der Waals surface area (Å²) in [5, 5.41) is 0. The average Bonchev–Trinajstić information content (AvgIpc) is 2.65. The average molecular weight is 303 g/mol. The summed E-state index contributed by atoms with van der Waals surface area (Å²) in [5.41, 5.74) is 1.13. The number of hydrogen-bond acceptors (Lipinski definition) is 1. The molecular weight excluding hydrogens is 292 g/mol. The van der Waals surface area contributed by atoms with Crippen LogP contribution < -0.4 is 4.74 Å². The summed E-state index contributed by atoms with van der Waals surface area (Å²) in [6, 6.07) is 10.1. The minimum absolute atomic E-state index is 0.372. The van der Waals surface area contributed by atoms with Gasteiger partial charge in [-0.2, -0.15) is 0 Å². The molecule has 1 aromatic heterocycles. The molecule has 0 atom stereocenters. The van der Waals surface area contributed by atoms with Crippen molar-refractivity contribution in [2.75, 3.05) is 7.11 Å². The van der Waals surface area contributed by atoms with Crippen LogP contribution in [0.2, 0.25) is 0 Å². The van der Waals surface area contributed by atoms with E-state index < -0.39 is 0 Å². The first-order valence-electron chi connectivity index (χ1n) is 4.34. The SMILES string of the molecule is COc1ccc(-c2cc(C)[te][o+]2)cc1. The van der Waals surface area contributed by atoms with Crippen LogP contribution in [0.5, 0.6) is 5.75 Å². The van der Waals surface area contributed by atoms with Crippen LogP contribution in [-0.2, 0) is 0 Å². The van der Waals surface area contributed by atoms with Gasteiger partial charge in [0.25, 0.3) is 0 Å². The van der Waals surface area contributed by atoms with E-state index in [9.17, 15) is 0 Å². The van der Waals surface area contributed by atoms with Crippen molar-refractivity contribution in [3.8, 4) is 17.1 Å². The van der Waals surface area contributed by atoms with Gasteiger partial charge in [0.2, 0.25) is 0 Å². The normalized spacial score (nSPS) is 10.1. The molecule has 0 saturated heterocycles. The summed E-state index contributed by atoms with van der Waals surface area (Å²) in [5.74, 6) is 1.89. The molecule has 0 spiro atoms. The van der Waals surface area contributed by atoms with E-state index in [-0.39, 0.29) is 20.9 Å². The Labute approximate surface area is 93.3 Å². The zero-order valence-electron chi connectivity index (χ0n) is 8.11. The number of methoxy groups -OCH3 is 1. The van der Waals surface area contributed by atoms with E-state index in [2.05, 4.69) is 13.0 Å². The van der Waals surface area contributed by atoms with Crippen molar-refractivity contribution in [1.82, 2.24) is 0 Å². The van der Waals surface area contributed by atoms with Gasteiger partial charge in [-0.1, -0.05) is 0 Å². The second kappa shape index (κ2) is 4.16. The van der Waals surface area contributed by atoms with Crippen LogP contribution in [0.25, 0.3) is 11.3 Å². The van der Waals surface area contributed by atoms with Gasteiger partial charge in [0.05, 0.1) is 0 Å². The van der Waals surface area contributed by atoms with E-state index in [4.69, 9.17) is 7.49 Å². The molecule has 0 saturated carbocycles. The van der Waals surface area contributed by atoms with Crippen LogP contribution >= 0.6 is 0 Å². The first kappa shape index (κ1) is 9.76. The first-order chi connectivity index (χ1) is 6.79. The molecule has 72 valence electrons. The van der Waals surface area contributed by atoms with Crippen molar-refractivity contribution in [3.05, 3.63) is 33.9 Å². The molecule has 0 aliphatic rings. The summed E-state index contributed by atoms with van der Waals surface area (Å²) in [7, 11) is 1.67. The fraction of sp³-hybridized carbons (Fsp3) is 0.182. The molecule has 0 N–H and O–H groups in total. The number of rotatable bonds is 2. The molecule has 14 heavy (non-hydrogen) atoms. The van der Waals surface area contributed by atoms with Gasteiger partial charge in [-0.25, -0.2) is 0 Å². The molecule has 0 aliphatic heterocycles. The zero-order valence-corrected chi connectivity index (χ0v) is 10.4. The molecule has 2 aromatic rings. The molecule has 2 nitrogen and oxygen atoms in total. The van der Waals surface area contributed by atoms with Gasteiger partial charge in [-0.3, -0.25) is 0 Å². The fourth-order valence-corrected chi connectivity index (χ4v) is 2.72. The van der Waals surface area contributed by atoms with Gasteiger partial charge in [-0.15, -0.1) is 0 Å². The van der Waals surface area contributed by atoms with E-state index >= 15 is 0 Å². The summed E-state index contributed by atoms with van der Waals surface area (Å²) < 4.78 is 12.1. The van der Waals surface area contributed by atoms with Crippen LogP contribution in [-0.4, -0.2) is 28.0 Å². The van der Waals surface area contributed by atoms with Gasteiger partial charge in [0, 0.05) is 0 Å².